The van der Waals surface area contributed by atoms with E-state index in [-0.39, 0.29) is 11.9 Å². The van der Waals surface area contributed by atoms with Crippen molar-refractivity contribution in [3.8, 4) is 0 Å². The number of piperidine rings is 1. The normalized spacial score (nSPS) is 17.6. The maximum atomic E-state index is 12.4. The first-order valence-electron chi connectivity index (χ1n) is 8.38. The van der Waals surface area contributed by atoms with Gasteiger partial charge in [-0.1, -0.05) is 29.3 Å². The number of carbonyl (C=O) groups excluding carboxylic acids is 1. The van der Waals surface area contributed by atoms with Crippen LogP contribution >= 0.6 is 23.2 Å². The minimum atomic E-state index is -0.0537. The van der Waals surface area contributed by atoms with E-state index in [1.807, 2.05) is 17.9 Å². The third-order valence-corrected chi connectivity index (χ3v) is 4.96. The zero-order valence-corrected chi connectivity index (χ0v) is 15.6. The number of amides is 2. The molecule has 1 fully saturated rings. The van der Waals surface area contributed by atoms with E-state index in [1.165, 1.54) is 0 Å². The predicted octanol–water partition coefficient (Wildman–Crippen LogP) is 3.55. The van der Waals surface area contributed by atoms with E-state index in [9.17, 15) is 4.79 Å². The summed E-state index contributed by atoms with van der Waals surface area (Å²) in [5.41, 5.74) is 0.971. The molecule has 3 rings (SSSR count). The largest absolute Gasteiger partial charge is 0.338 e. The Kier molecular flexibility index (Phi) is 5.81. The number of nitrogens with one attached hydrogen (secondary N) is 2. The first-order chi connectivity index (χ1) is 12.0. The van der Waals surface area contributed by atoms with Gasteiger partial charge < -0.3 is 10.2 Å². The number of halogens is 2. The average molecular weight is 382 g/mol. The molecular formula is C17H21Cl2N5O. The molecular weight excluding hydrogens is 361 g/mol. The Labute approximate surface area is 156 Å². The minimum absolute atomic E-state index is 0.0537. The highest BCUT2D eigenvalue weighted by Gasteiger charge is 2.27. The zero-order valence-electron chi connectivity index (χ0n) is 14.1. The summed E-state index contributed by atoms with van der Waals surface area (Å²) >= 11 is 12.1. The van der Waals surface area contributed by atoms with Crippen LogP contribution in [0, 0.1) is 6.92 Å². The van der Waals surface area contributed by atoms with Crippen LogP contribution in [0.3, 0.4) is 0 Å². The quantitative estimate of drug-likeness (QED) is 0.849. The molecule has 1 aliphatic heterocycles. The molecule has 1 aromatic heterocycles. The van der Waals surface area contributed by atoms with Crippen molar-refractivity contribution < 1.29 is 4.79 Å². The van der Waals surface area contributed by atoms with Crippen LogP contribution in [-0.4, -0.2) is 45.7 Å². The SMILES string of the molecule is Cc1nc([C@@H]2CCCN(C(=O)NCCc3ccc(Cl)cc3Cl)C2)n[nH]1. The van der Waals surface area contributed by atoms with Gasteiger partial charge >= 0.3 is 6.03 Å². The molecule has 1 aromatic carbocycles. The van der Waals surface area contributed by atoms with Crippen molar-refractivity contribution in [2.75, 3.05) is 19.6 Å². The van der Waals surface area contributed by atoms with Gasteiger partial charge in [-0.15, -0.1) is 0 Å². The van der Waals surface area contributed by atoms with E-state index >= 15 is 0 Å². The molecule has 134 valence electrons. The minimum Gasteiger partial charge on any atom is -0.338 e. The molecule has 0 spiro atoms. The summed E-state index contributed by atoms with van der Waals surface area (Å²) in [7, 11) is 0. The molecule has 2 heterocycles. The van der Waals surface area contributed by atoms with Crippen molar-refractivity contribution >= 4 is 29.2 Å². The second kappa shape index (κ2) is 8.06. The lowest BCUT2D eigenvalue weighted by atomic mass is 9.98. The van der Waals surface area contributed by atoms with Crippen molar-refractivity contribution in [1.29, 1.82) is 0 Å². The number of rotatable bonds is 4. The number of aryl methyl sites for hydroxylation is 1. The summed E-state index contributed by atoms with van der Waals surface area (Å²) in [6.07, 6.45) is 2.62. The molecule has 8 heteroatoms. The average Bonchev–Trinajstić information content (AvgIpc) is 3.03. The third-order valence-electron chi connectivity index (χ3n) is 4.37. The van der Waals surface area contributed by atoms with E-state index in [0.29, 0.717) is 29.6 Å². The van der Waals surface area contributed by atoms with Crippen molar-refractivity contribution in [2.24, 2.45) is 0 Å². The summed E-state index contributed by atoms with van der Waals surface area (Å²) in [6, 6.07) is 5.36. The zero-order chi connectivity index (χ0) is 17.8. The van der Waals surface area contributed by atoms with Gasteiger partial charge in [0.1, 0.15) is 5.82 Å². The monoisotopic (exact) mass is 381 g/mol. The van der Waals surface area contributed by atoms with Crippen LogP contribution in [-0.2, 0) is 6.42 Å². The first-order valence-corrected chi connectivity index (χ1v) is 9.14. The van der Waals surface area contributed by atoms with Gasteiger partial charge in [-0.25, -0.2) is 9.78 Å². The summed E-state index contributed by atoms with van der Waals surface area (Å²) in [4.78, 5) is 18.7. The number of H-pyrrole nitrogens is 1. The highest BCUT2D eigenvalue weighted by molar-refractivity contribution is 6.35. The van der Waals surface area contributed by atoms with Gasteiger partial charge in [0.05, 0.1) is 0 Å². The van der Waals surface area contributed by atoms with E-state index in [2.05, 4.69) is 20.5 Å². The van der Waals surface area contributed by atoms with E-state index < -0.39 is 0 Å². The fraction of sp³-hybridized carbons (Fsp3) is 0.471. The third kappa shape index (κ3) is 4.64. The smallest absolute Gasteiger partial charge is 0.317 e. The number of likely N-dealkylation sites (tertiary alicyclic amines) is 1. The van der Waals surface area contributed by atoms with Crippen molar-refractivity contribution in [3.05, 3.63) is 45.5 Å². The number of hydrogen-bond acceptors (Lipinski definition) is 3. The number of nitrogens with zero attached hydrogens (tertiary/aromatic N) is 3. The van der Waals surface area contributed by atoms with Gasteiger partial charge in [0.2, 0.25) is 0 Å². The molecule has 0 radical (unpaired) electrons. The summed E-state index contributed by atoms with van der Waals surface area (Å²) in [5, 5.41) is 11.3. The lowest BCUT2D eigenvalue weighted by Crippen LogP contribution is -2.45. The van der Waals surface area contributed by atoms with Gasteiger partial charge in [-0.3, -0.25) is 5.10 Å². The predicted molar refractivity (Wildman–Crippen MR) is 98.2 cm³/mol. The van der Waals surface area contributed by atoms with Gasteiger partial charge in [0.15, 0.2) is 5.82 Å². The molecule has 0 unspecified atom stereocenters. The van der Waals surface area contributed by atoms with Crippen LogP contribution in [0.1, 0.15) is 36.0 Å². The Morgan fingerprint density at radius 3 is 3.00 bits per heavy atom. The van der Waals surface area contributed by atoms with E-state index in [0.717, 1.165) is 36.6 Å². The molecule has 2 N–H and O–H groups in total. The fourth-order valence-corrected chi connectivity index (χ4v) is 3.56. The Balaban J connectivity index is 1.50. The molecule has 1 aliphatic rings. The van der Waals surface area contributed by atoms with E-state index in [1.54, 1.807) is 12.1 Å². The second-order valence-corrected chi connectivity index (χ2v) is 7.13. The number of benzene rings is 1. The molecule has 0 aliphatic carbocycles. The lowest BCUT2D eigenvalue weighted by Gasteiger charge is -2.31. The van der Waals surface area contributed by atoms with Crippen molar-refractivity contribution in [1.82, 2.24) is 25.4 Å². The fourth-order valence-electron chi connectivity index (χ4n) is 3.06. The Hall–Kier alpha value is -1.79. The molecule has 25 heavy (non-hydrogen) atoms. The molecule has 0 bridgehead atoms. The topological polar surface area (TPSA) is 73.9 Å². The van der Waals surface area contributed by atoms with Crippen molar-refractivity contribution in [3.63, 3.8) is 0 Å². The standard InChI is InChI=1S/C17H21Cl2N5O/c1-11-21-16(23-22-11)13-3-2-8-24(10-13)17(25)20-7-6-12-4-5-14(18)9-15(12)19/h4-5,9,13H,2-3,6-8,10H2,1H3,(H,20,25)(H,21,22,23)/t13-/m1/s1. The Morgan fingerprint density at radius 1 is 1.44 bits per heavy atom. The van der Waals surface area contributed by atoms with Crippen molar-refractivity contribution in [2.45, 2.75) is 32.1 Å². The molecule has 6 nitrogen and oxygen atoms in total. The van der Waals surface area contributed by atoms with Gasteiger partial charge in [0, 0.05) is 35.6 Å². The van der Waals surface area contributed by atoms with Crippen LogP contribution in [0.25, 0.3) is 0 Å². The number of aromatic amines is 1. The molecule has 2 amide bonds. The highest BCUT2D eigenvalue weighted by atomic mass is 35.5. The Morgan fingerprint density at radius 2 is 2.28 bits per heavy atom. The van der Waals surface area contributed by atoms with Crippen LogP contribution in [0.4, 0.5) is 4.79 Å². The molecule has 2 aromatic rings. The maximum absolute atomic E-state index is 12.4. The maximum Gasteiger partial charge on any atom is 0.317 e. The summed E-state index contributed by atoms with van der Waals surface area (Å²) in [6.45, 7) is 3.81. The molecule has 0 saturated carbocycles. The van der Waals surface area contributed by atoms with Gasteiger partial charge in [-0.05, 0) is 43.9 Å². The summed E-state index contributed by atoms with van der Waals surface area (Å²) < 4.78 is 0. The van der Waals surface area contributed by atoms with Gasteiger partial charge in [0.25, 0.3) is 0 Å². The van der Waals surface area contributed by atoms with Crippen LogP contribution < -0.4 is 5.32 Å². The summed E-state index contributed by atoms with van der Waals surface area (Å²) in [5.74, 6) is 1.79. The van der Waals surface area contributed by atoms with Crippen LogP contribution in [0.5, 0.6) is 0 Å². The number of aromatic nitrogens is 3. The van der Waals surface area contributed by atoms with Crippen LogP contribution in [0.15, 0.2) is 18.2 Å². The molecule has 1 atom stereocenters. The molecule has 1 saturated heterocycles. The number of urea groups is 1. The Bertz CT molecular complexity index is 748. The van der Waals surface area contributed by atoms with Gasteiger partial charge in [-0.2, -0.15) is 5.10 Å². The van der Waals surface area contributed by atoms with E-state index in [4.69, 9.17) is 23.2 Å². The second-order valence-electron chi connectivity index (χ2n) is 6.28. The first kappa shape index (κ1) is 18.0. The van der Waals surface area contributed by atoms with Crippen LogP contribution in [0.2, 0.25) is 10.0 Å². The lowest BCUT2D eigenvalue weighted by molar-refractivity contribution is 0.178. The number of carbonyl (C=O) groups is 1. The number of hydrogen-bond donors (Lipinski definition) is 2. The highest BCUT2D eigenvalue weighted by Crippen LogP contribution is 2.24.